The monoisotopic (exact) mass is 221 g/mol. The third kappa shape index (κ3) is 0.968. The van der Waals surface area contributed by atoms with Crippen LogP contribution in [0.15, 0.2) is 11.6 Å². The summed E-state index contributed by atoms with van der Waals surface area (Å²) in [6.45, 7) is 7.34. The Morgan fingerprint density at radius 2 is 2.20 bits per heavy atom. The van der Waals surface area contributed by atoms with Gasteiger partial charge in [0.1, 0.15) is 0 Å². The van der Waals surface area contributed by atoms with Gasteiger partial charge in [-0.1, -0.05) is 20.8 Å². The van der Waals surface area contributed by atoms with Crippen molar-refractivity contribution in [3.05, 3.63) is 16.6 Å². The van der Waals surface area contributed by atoms with Crippen LogP contribution in [0.2, 0.25) is 0 Å². The van der Waals surface area contributed by atoms with Crippen molar-refractivity contribution in [2.75, 3.05) is 0 Å². The van der Waals surface area contributed by atoms with Gasteiger partial charge in [0.2, 0.25) is 0 Å². The minimum atomic E-state index is 0.407. The molecule has 3 saturated carbocycles. The van der Waals surface area contributed by atoms with E-state index in [2.05, 4.69) is 31.1 Å². The summed E-state index contributed by atoms with van der Waals surface area (Å²) in [5.41, 5.74) is 0.882. The van der Waals surface area contributed by atoms with Crippen LogP contribution in [0.25, 0.3) is 0 Å². The lowest BCUT2D eigenvalue weighted by Gasteiger charge is -2.67. The van der Waals surface area contributed by atoms with Gasteiger partial charge in [-0.3, -0.25) is 0 Å². The van der Waals surface area contributed by atoms with Crippen molar-refractivity contribution in [3.63, 3.8) is 0 Å². The van der Waals surface area contributed by atoms with Crippen LogP contribution in [0, 0.1) is 17.3 Å². The van der Waals surface area contributed by atoms with E-state index in [-0.39, 0.29) is 0 Å². The molecule has 3 aliphatic carbocycles. The van der Waals surface area contributed by atoms with Crippen molar-refractivity contribution < 1.29 is 0 Å². The van der Waals surface area contributed by atoms with Crippen LogP contribution < -0.4 is 0 Å². The number of hydrogen-bond acceptors (Lipinski definition) is 2. The van der Waals surface area contributed by atoms with E-state index >= 15 is 0 Å². The summed E-state index contributed by atoms with van der Waals surface area (Å²) < 4.78 is 0. The molecule has 1 heterocycles. The lowest BCUT2D eigenvalue weighted by Crippen LogP contribution is -2.64. The van der Waals surface area contributed by atoms with Crippen molar-refractivity contribution in [2.45, 2.75) is 45.4 Å². The molecule has 2 heteroatoms. The fraction of sp³-hybridized carbons (Fsp3) is 0.769. The van der Waals surface area contributed by atoms with Gasteiger partial charge in [0.25, 0.3) is 0 Å². The minimum Gasteiger partial charge on any atom is -0.249 e. The Morgan fingerprint density at radius 3 is 2.73 bits per heavy atom. The molecule has 3 atom stereocenters. The number of fused-ring (bicyclic) bond motifs is 2. The fourth-order valence-electron chi connectivity index (χ4n) is 4.15. The van der Waals surface area contributed by atoms with Crippen LogP contribution in [0.4, 0.5) is 0 Å². The summed E-state index contributed by atoms with van der Waals surface area (Å²) in [5, 5.41) is 3.53. The third-order valence-corrected chi connectivity index (χ3v) is 6.29. The molecule has 0 aliphatic heterocycles. The van der Waals surface area contributed by atoms with Crippen LogP contribution in [-0.2, 0) is 5.41 Å². The quantitative estimate of drug-likeness (QED) is 0.702. The normalized spacial score (nSPS) is 42.3. The van der Waals surface area contributed by atoms with E-state index in [0.717, 1.165) is 11.8 Å². The molecule has 82 valence electrons. The summed E-state index contributed by atoms with van der Waals surface area (Å²) in [6, 6.07) is 0. The van der Waals surface area contributed by atoms with Gasteiger partial charge in [0, 0.05) is 17.0 Å². The number of hydrogen-bond donors (Lipinski definition) is 0. The van der Waals surface area contributed by atoms with Gasteiger partial charge >= 0.3 is 0 Å². The summed E-state index contributed by atoms with van der Waals surface area (Å²) in [5.74, 6) is 1.75. The van der Waals surface area contributed by atoms with Crippen LogP contribution in [0.5, 0.6) is 0 Å². The molecule has 0 spiro atoms. The molecule has 0 radical (unpaired) electrons. The molecule has 0 aromatic carbocycles. The molecule has 1 aromatic rings. The van der Waals surface area contributed by atoms with E-state index in [4.69, 9.17) is 0 Å². The predicted molar refractivity (Wildman–Crippen MR) is 64.1 cm³/mol. The van der Waals surface area contributed by atoms with E-state index in [1.165, 1.54) is 24.3 Å². The highest BCUT2D eigenvalue weighted by Gasteiger charge is 2.66. The molecule has 1 aromatic heterocycles. The van der Waals surface area contributed by atoms with Gasteiger partial charge in [-0.2, -0.15) is 0 Å². The number of aromatic nitrogens is 1. The fourth-order valence-corrected chi connectivity index (χ4v) is 5.28. The maximum Gasteiger partial charge on any atom is 0.0995 e. The molecular weight excluding hydrogens is 202 g/mol. The highest BCUT2D eigenvalue weighted by molar-refractivity contribution is 7.09. The summed E-state index contributed by atoms with van der Waals surface area (Å²) >= 11 is 1.86. The van der Waals surface area contributed by atoms with Crippen molar-refractivity contribution >= 4 is 11.3 Å². The van der Waals surface area contributed by atoms with Gasteiger partial charge in [-0.15, -0.1) is 11.3 Å². The van der Waals surface area contributed by atoms with Gasteiger partial charge in [-0.25, -0.2) is 4.98 Å². The lowest BCUT2D eigenvalue weighted by molar-refractivity contribution is -0.133. The Kier molecular flexibility index (Phi) is 1.87. The van der Waals surface area contributed by atoms with Crippen molar-refractivity contribution in [1.82, 2.24) is 4.98 Å². The largest absolute Gasteiger partial charge is 0.249 e. The van der Waals surface area contributed by atoms with Crippen molar-refractivity contribution in [2.24, 2.45) is 17.3 Å². The van der Waals surface area contributed by atoms with Crippen LogP contribution >= 0.6 is 11.3 Å². The van der Waals surface area contributed by atoms with Crippen molar-refractivity contribution in [1.29, 1.82) is 0 Å². The molecule has 3 unspecified atom stereocenters. The molecule has 4 rings (SSSR count). The molecule has 3 fully saturated rings. The maximum atomic E-state index is 4.61. The Labute approximate surface area is 95.9 Å². The average molecular weight is 221 g/mol. The van der Waals surface area contributed by atoms with Crippen LogP contribution in [0.1, 0.15) is 45.0 Å². The van der Waals surface area contributed by atoms with Gasteiger partial charge in [0.15, 0.2) is 0 Å². The molecule has 15 heavy (non-hydrogen) atoms. The van der Waals surface area contributed by atoms with E-state index in [1.807, 2.05) is 17.5 Å². The van der Waals surface area contributed by atoms with Gasteiger partial charge < -0.3 is 0 Å². The van der Waals surface area contributed by atoms with E-state index in [1.54, 1.807) is 0 Å². The smallest absolute Gasteiger partial charge is 0.0995 e. The van der Waals surface area contributed by atoms with E-state index < -0.39 is 0 Å². The topological polar surface area (TPSA) is 12.9 Å². The first-order chi connectivity index (χ1) is 7.09. The molecule has 1 nitrogen and oxygen atoms in total. The number of nitrogens with zero attached hydrogens (tertiary/aromatic N) is 1. The van der Waals surface area contributed by atoms with Crippen LogP contribution in [-0.4, -0.2) is 4.98 Å². The zero-order valence-electron chi connectivity index (χ0n) is 9.79. The SMILES string of the molecule is CC1CCC2CC1(c1nccs1)C2(C)C. The van der Waals surface area contributed by atoms with Crippen molar-refractivity contribution in [3.8, 4) is 0 Å². The maximum absolute atomic E-state index is 4.61. The zero-order chi connectivity index (χ0) is 10.7. The second-order valence-electron chi connectivity index (χ2n) is 5.91. The Morgan fingerprint density at radius 1 is 1.40 bits per heavy atom. The number of rotatable bonds is 1. The Balaban J connectivity index is 2.09. The molecule has 0 N–H and O–H groups in total. The lowest BCUT2D eigenvalue weighted by atomic mass is 9.37. The molecular formula is C13H19NS. The Bertz CT molecular complexity index is 368. The van der Waals surface area contributed by atoms with E-state index in [0.29, 0.717) is 10.8 Å². The minimum absolute atomic E-state index is 0.407. The van der Waals surface area contributed by atoms with Gasteiger partial charge in [-0.05, 0) is 36.5 Å². The molecule has 2 bridgehead atoms. The highest BCUT2D eigenvalue weighted by Crippen LogP contribution is 2.70. The summed E-state index contributed by atoms with van der Waals surface area (Å²) in [4.78, 5) is 4.61. The van der Waals surface area contributed by atoms with E-state index in [9.17, 15) is 0 Å². The van der Waals surface area contributed by atoms with Crippen LogP contribution in [0.3, 0.4) is 0 Å². The first-order valence-electron chi connectivity index (χ1n) is 5.99. The third-order valence-electron chi connectivity index (χ3n) is 5.34. The number of thiazole rings is 1. The predicted octanol–water partition coefficient (Wildman–Crippen LogP) is 3.86. The first-order valence-corrected chi connectivity index (χ1v) is 6.87. The summed E-state index contributed by atoms with van der Waals surface area (Å²) in [6.07, 6.45) is 6.18. The molecule has 3 aliphatic rings. The second-order valence-corrected chi connectivity index (χ2v) is 6.80. The van der Waals surface area contributed by atoms with Gasteiger partial charge in [0.05, 0.1) is 5.01 Å². The molecule has 0 amide bonds. The summed E-state index contributed by atoms with van der Waals surface area (Å²) in [7, 11) is 0. The Hall–Kier alpha value is -0.370. The zero-order valence-corrected chi connectivity index (χ0v) is 10.6. The average Bonchev–Trinajstić information content (AvgIpc) is 2.70. The molecule has 0 saturated heterocycles. The standard InChI is InChI=1S/C13H19NS/c1-9-4-5-10-8-13(9,12(10,2)3)11-14-6-7-15-11/h6-7,9-10H,4-5,8H2,1-3H3. The highest BCUT2D eigenvalue weighted by atomic mass is 32.1. The second kappa shape index (κ2) is 2.85. The first kappa shape index (κ1) is 9.83.